The molecule has 2 aromatic carbocycles. The highest BCUT2D eigenvalue weighted by molar-refractivity contribution is 5.95. The molecule has 27 heavy (non-hydrogen) atoms. The number of pyridine rings is 1. The number of rotatable bonds is 5. The molecule has 0 bridgehead atoms. The Labute approximate surface area is 158 Å². The summed E-state index contributed by atoms with van der Waals surface area (Å²) in [6.45, 7) is 5.80. The summed E-state index contributed by atoms with van der Waals surface area (Å²) < 4.78 is 6.76. The molecule has 1 N–H and O–H groups in total. The van der Waals surface area contributed by atoms with E-state index in [9.17, 15) is 9.59 Å². The predicted molar refractivity (Wildman–Crippen MR) is 109 cm³/mol. The second-order valence-corrected chi connectivity index (χ2v) is 6.65. The summed E-state index contributed by atoms with van der Waals surface area (Å²) in [5, 5.41) is 3.91. The lowest BCUT2D eigenvalue weighted by atomic mass is 10.0. The number of aromatic nitrogens is 1. The molecule has 3 rings (SSSR count). The van der Waals surface area contributed by atoms with Gasteiger partial charge in [-0.25, -0.2) is 0 Å². The number of carbonyl (C=O) groups excluding carboxylic acids is 1. The smallest absolute Gasteiger partial charge is 0.252 e. The fraction of sp³-hybridized carbons (Fsp3) is 0.273. The van der Waals surface area contributed by atoms with Crippen molar-refractivity contribution in [3.63, 3.8) is 0 Å². The molecular formula is C22H24N2O3. The quantitative estimate of drug-likeness (QED) is 0.737. The van der Waals surface area contributed by atoms with Gasteiger partial charge in [-0.15, -0.1) is 0 Å². The number of hydrogen-bond acceptors (Lipinski definition) is 3. The van der Waals surface area contributed by atoms with Crippen LogP contribution in [0.15, 0.2) is 53.3 Å². The van der Waals surface area contributed by atoms with Crippen molar-refractivity contribution in [1.82, 2.24) is 4.57 Å². The number of amides is 1. The normalized spacial score (nSPS) is 12.0. The Bertz CT molecular complexity index is 1040. The molecule has 0 aliphatic rings. The Morgan fingerprint density at radius 1 is 1.11 bits per heavy atom. The van der Waals surface area contributed by atoms with Gasteiger partial charge in [-0.05, 0) is 55.7 Å². The second-order valence-electron chi connectivity index (χ2n) is 6.65. The fourth-order valence-electron chi connectivity index (χ4n) is 3.43. The lowest BCUT2D eigenvalue weighted by Gasteiger charge is -2.22. The van der Waals surface area contributed by atoms with Crippen LogP contribution >= 0.6 is 0 Å². The van der Waals surface area contributed by atoms with Crippen LogP contribution in [0.25, 0.3) is 10.9 Å². The maximum absolute atomic E-state index is 13.0. The van der Waals surface area contributed by atoms with Crippen LogP contribution in [0.2, 0.25) is 0 Å². The minimum atomic E-state index is -0.594. The molecule has 1 atom stereocenters. The zero-order valence-electron chi connectivity index (χ0n) is 16.1. The molecule has 5 nitrogen and oxygen atoms in total. The van der Waals surface area contributed by atoms with Gasteiger partial charge in [0.2, 0.25) is 5.91 Å². The lowest BCUT2D eigenvalue weighted by Crippen LogP contribution is -2.33. The van der Waals surface area contributed by atoms with Crippen molar-refractivity contribution in [2.45, 2.75) is 33.2 Å². The third-order valence-corrected chi connectivity index (χ3v) is 4.84. The molecule has 0 saturated heterocycles. The minimum Gasteiger partial charge on any atom is -0.497 e. The van der Waals surface area contributed by atoms with E-state index in [0.717, 1.165) is 27.8 Å². The average molecular weight is 364 g/mol. The molecule has 1 aromatic heterocycles. The first-order chi connectivity index (χ1) is 13.0. The first-order valence-corrected chi connectivity index (χ1v) is 9.02. The van der Waals surface area contributed by atoms with Gasteiger partial charge in [-0.3, -0.25) is 14.2 Å². The van der Waals surface area contributed by atoms with Crippen LogP contribution in [0.1, 0.15) is 30.5 Å². The van der Waals surface area contributed by atoms with Crippen molar-refractivity contribution in [2.75, 3.05) is 12.4 Å². The fourth-order valence-corrected chi connectivity index (χ4v) is 3.43. The van der Waals surface area contributed by atoms with Crippen molar-refractivity contribution in [3.8, 4) is 5.75 Å². The summed E-state index contributed by atoms with van der Waals surface area (Å²) in [7, 11) is 1.60. The number of para-hydroxylation sites is 1. The predicted octanol–water partition coefficient (Wildman–Crippen LogP) is 4.22. The molecule has 3 aromatic rings. The first kappa shape index (κ1) is 18.7. The van der Waals surface area contributed by atoms with Gasteiger partial charge in [0.05, 0.1) is 12.6 Å². The van der Waals surface area contributed by atoms with Crippen molar-refractivity contribution in [1.29, 1.82) is 0 Å². The van der Waals surface area contributed by atoms with Crippen LogP contribution in [-0.4, -0.2) is 17.6 Å². The number of anilines is 1. The van der Waals surface area contributed by atoms with Crippen molar-refractivity contribution in [3.05, 3.63) is 70.0 Å². The van der Waals surface area contributed by atoms with Gasteiger partial charge in [-0.2, -0.15) is 0 Å². The van der Waals surface area contributed by atoms with Crippen LogP contribution < -0.4 is 15.6 Å². The maximum atomic E-state index is 13.0. The van der Waals surface area contributed by atoms with Crippen LogP contribution in [0, 0.1) is 13.8 Å². The van der Waals surface area contributed by atoms with Gasteiger partial charge in [0.1, 0.15) is 11.8 Å². The topological polar surface area (TPSA) is 60.3 Å². The Morgan fingerprint density at radius 2 is 1.81 bits per heavy atom. The molecule has 0 saturated carbocycles. The lowest BCUT2D eigenvalue weighted by molar-refractivity contribution is -0.119. The van der Waals surface area contributed by atoms with E-state index >= 15 is 0 Å². The highest BCUT2D eigenvalue weighted by Crippen LogP contribution is 2.25. The number of ether oxygens (including phenoxy) is 1. The zero-order valence-corrected chi connectivity index (χ0v) is 16.1. The van der Waals surface area contributed by atoms with Crippen molar-refractivity contribution in [2.24, 2.45) is 0 Å². The summed E-state index contributed by atoms with van der Waals surface area (Å²) >= 11 is 0. The molecule has 1 unspecified atom stereocenters. The van der Waals surface area contributed by atoms with Crippen LogP contribution in [0.4, 0.5) is 5.69 Å². The number of fused-ring (bicyclic) bond motifs is 1. The number of carbonyl (C=O) groups is 1. The molecule has 0 spiro atoms. The minimum absolute atomic E-state index is 0.161. The number of nitrogens with one attached hydrogen (secondary N) is 1. The third kappa shape index (κ3) is 3.58. The SMILES string of the molecule is CCC(C(=O)Nc1ccc(OC)cc1)n1c(=O)cc(C)c2cccc(C)c21. The third-order valence-electron chi connectivity index (χ3n) is 4.84. The molecule has 140 valence electrons. The van der Waals surface area contributed by atoms with E-state index in [1.807, 2.05) is 39.0 Å². The van der Waals surface area contributed by atoms with Crippen LogP contribution in [-0.2, 0) is 4.79 Å². The second kappa shape index (κ2) is 7.66. The zero-order chi connectivity index (χ0) is 19.6. The van der Waals surface area contributed by atoms with Gasteiger partial charge in [-0.1, -0.05) is 25.1 Å². The maximum Gasteiger partial charge on any atom is 0.252 e. The Balaban J connectivity index is 2.05. The average Bonchev–Trinajstić information content (AvgIpc) is 2.66. The molecular weight excluding hydrogens is 340 g/mol. The first-order valence-electron chi connectivity index (χ1n) is 9.02. The van der Waals surface area contributed by atoms with Gasteiger partial charge in [0, 0.05) is 17.1 Å². The Kier molecular flexibility index (Phi) is 5.31. The highest BCUT2D eigenvalue weighted by atomic mass is 16.5. The standard InChI is InChI=1S/C22H24N2O3/c1-5-19(22(26)23-16-9-11-17(27-4)12-10-16)24-20(25)13-15(3)18-8-6-7-14(2)21(18)24/h6-13,19H,5H2,1-4H3,(H,23,26). The van der Waals surface area contributed by atoms with Gasteiger partial charge in [0.25, 0.3) is 5.56 Å². The largest absolute Gasteiger partial charge is 0.497 e. The number of nitrogens with zero attached hydrogens (tertiary/aromatic N) is 1. The molecule has 0 radical (unpaired) electrons. The molecule has 0 fully saturated rings. The van der Waals surface area contributed by atoms with E-state index in [1.165, 1.54) is 0 Å². The molecule has 0 aliphatic heterocycles. The van der Waals surface area contributed by atoms with E-state index in [1.54, 1.807) is 42.0 Å². The summed E-state index contributed by atoms with van der Waals surface area (Å²) in [5.74, 6) is 0.509. The van der Waals surface area contributed by atoms with Gasteiger partial charge >= 0.3 is 0 Å². The monoisotopic (exact) mass is 364 g/mol. The van der Waals surface area contributed by atoms with E-state index in [4.69, 9.17) is 4.74 Å². The van der Waals surface area contributed by atoms with Gasteiger partial charge in [0.15, 0.2) is 0 Å². The molecule has 1 heterocycles. The van der Waals surface area contributed by atoms with Crippen LogP contribution in [0.3, 0.4) is 0 Å². The summed E-state index contributed by atoms with van der Waals surface area (Å²) in [5.41, 5.74) is 3.22. The Morgan fingerprint density at radius 3 is 2.44 bits per heavy atom. The van der Waals surface area contributed by atoms with Crippen LogP contribution in [0.5, 0.6) is 5.75 Å². The highest BCUT2D eigenvalue weighted by Gasteiger charge is 2.23. The van der Waals surface area contributed by atoms with E-state index in [-0.39, 0.29) is 11.5 Å². The molecule has 1 amide bonds. The summed E-state index contributed by atoms with van der Waals surface area (Å²) in [6, 6.07) is 14.1. The number of methoxy groups -OCH3 is 1. The summed E-state index contributed by atoms with van der Waals surface area (Å²) in [4.78, 5) is 25.8. The Hall–Kier alpha value is -3.08. The van der Waals surface area contributed by atoms with E-state index in [2.05, 4.69) is 5.32 Å². The van der Waals surface area contributed by atoms with Crippen molar-refractivity contribution < 1.29 is 9.53 Å². The van der Waals surface area contributed by atoms with E-state index in [0.29, 0.717) is 12.1 Å². The van der Waals surface area contributed by atoms with E-state index < -0.39 is 6.04 Å². The molecule has 5 heteroatoms. The number of aryl methyl sites for hydroxylation is 2. The number of hydrogen-bond donors (Lipinski definition) is 1. The summed E-state index contributed by atoms with van der Waals surface area (Å²) in [6.07, 6.45) is 0.508. The van der Waals surface area contributed by atoms with Crippen molar-refractivity contribution >= 4 is 22.5 Å². The van der Waals surface area contributed by atoms with Gasteiger partial charge < -0.3 is 10.1 Å². The molecule has 0 aliphatic carbocycles. The number of benzene rings is 2.